The smallest absolute Gasteiger partial charge is 1.00 e. The van der Waals surface area contributed by atoms with Crippen LogP contribution in [-0.2, 0) is 0 Å². The molecule has 1 rings (SSSR count). The van der Waals surface area contributed by atoms with Gasteiger partial charge in [0.05, 0.1) is 5.56 Å². The number of benzene rings is 1. The number of carboxylic acid groups (broad SMARTS) is 1. The van der Waals surface area contributed by atoms with E-state index in [1.54, 1.807) is 6.92 Å². The molecule has 1 aromatic carbocycles. The van der Waals surface area contributed by atoms with Crippen molar-refractivity contribution >= 4 is 5.97 Å². The Labute approximate surface area is 93.8 Å². The number of phenols is 1. The zero-order valence-electron chi connectivity index (χ0n) is 8.03. The largest absolute Gasteiger partial charge is 1.00 e. The minimum absolute atomic E-state index is 0. The summed E-state index contributed by atoms with van der Waals surface area (Å²) in [5.74, 6) is -0.880. The number of hydrogen-bond donors (Lipinski definition) is 2. The molecule has 0 aromatic heterocycles. The van der Waals surface area contributed by atoms with Crippen LogP contribution in [0.3, 0.4) is 0 Å². The van der Waals surface area contributed by atoms with Crippen molar-refractivity contribution in [2.24, 2.45) is 0 Å². The Morgan fingerprint density at radius 3 is 2.50 bits per heavy atom. The van der Waals surface area contributed by atoms with Gasteiger partial charge in [-0.15, -0.1) is 0 Å². The fourth-order valence-electron chi connectivity index (χ4n) is 0.888. The molecule has 0 spiro atoms. The van der Waals surface area contributed by atoms with Gasteiger partial charge in [0.2, 0.25) is 0 Å². The van der Waals surface area contributed by atoms with Crippen LogP contribution >= 0.6 is 0 Å². The molecule has 0 bridgehead atoms. The molecule has 0 saturated carbocycles. The average molecular weight is 176 g/mol. The van der Waals surface area contributed by atoms with Crippen molar-refractivity contribution in [2.45, 2.75) is 6.92 Å². The first-order valence-electron chi connectivity index (χ1n) is 3.14. The second kappa shape index (κ2) is 4.50. The van der Waals surface area contributed by atoms with E-state index in [0.29, 0.717) is 5.56 Å². The quantitative estimate of drug-likeness (QED) is 0.513. The van der Waals surface area contributed by atoms with Crippen molar-refractivity contribution in [1.29, 1.82) is 0 Å². The first-order chi connectivity index (χ1) is 5.11. The maximum Gasteiger partial charge on any atom is 1.00 e. The van der Waals surface area contributed by atoms with E-state index in [0.717, 1.165) is 0 Å². The number of rotatable bonds is 1. The van der Waals surface area contributed by atoms with Crippen LogP contribution in [0.25, 0.3) is 0 Å². The van der Waals surface area contributed by atoms with Crippen molar-refractivity contribution in [3.63, 3.8) is 0 Å². The Hall–Kier alpha value is -0.510. The molecule has 4 heteroatoms. The molecular weight excluding hydrogens is 167 g/mol. The van der Waals surface area contributed by atoms with Gasteiger partial charge in [0.1, 0.15) is 5.75 Å². The normalized spacial score (nSPS) is 8.75. The SMILES string of the molecule is Cc1cc(O)ccc1C(=O)O.[H-].[Na+]. The molecule has 0 radical (unpaired) electrons. The molecule has 2 N–H and O–H groups in total. The van der Waals surface area contributed by atoms with Crippen molar-refractivity contribution in [3.8, 4) is 5.75 Å². The van der Waals surface area contributed by atoms with Gasteiger partial charge >= 0.3 is 35.5 Å². The van der Waals surface area contributed by atoms with E-state index < -0.39 is 5.97 Å². The van der Waals surface area contributed by atoms with E-state index in [-0.39, 0.29) is 42.3 Å². The van der Waals surface area contributed by atoms with Crippen molar-refractivity contribution < 1.29 is 46.0 Å². The number of aromatic hydroxyl groups is 1. The summed E-state index contributed by atoms with van der Waals surface area (Å²) in [6, 6.07) is 4.16. The minimum Gasteiger partial charge on any atom is -1.00 e. The van der Waals surface area contributed by atoms with Crippen LogP contribution in [-0.4, -0.2) is 16.2 Å². The van der Waals surface area contributed by atoms with E-state index >= 15 is 0 Å². The average Bonchev–Trinajstić information content (AvgIpc) is 1.85. The fraction of sp³-hybridized carbons (Fsp3) is 0.125. The Morgan fingerprint density at radius 2 is 2.08 bits per heavy atom. The predicted molar refractivity (Wildman–Crippen MR) is 40.9 cm³/mol. The molecular formula is C8H9NaO3. The maximum atomic E-state index is 10.5. The summed E-state index contributed by atoms with van der Waals surface area (Å²) in [5.41, 5.74) is 0.792. The molecule has 12 heavy (non-hydrogen) atoms. The molecule has 0 saturated heterocycles. The topological polar surface area (TPSA) is 57.5 Å². The minimum atomic E-state index is -0.970. The Kier molecular flexibility index (Phi) is 4.31. The van der Waals surface area contributed by atoms with Crippen LogP contribution in [0.5, 0.6) is 5.75 Å². The molecule has 0 unspecified atom stereocenters. The van der Waals surface area contributed by atoms with Crippen LogP contribution in [0.15, 0.2) is 18.2 Å². The Balaban J connectivity index is 0. The van der Waals surface area contributed by atoms with Crippen molar-refractivity contribution in [3.05, 3.63) is 29.3 Å². The number of phenolic OH excluding ortho intramolecular Hbond substituents is 1. The Morgan fingerprint density at radius 1 is 1.50 bits per heavy atom. The monoisotopic (exact) mass is 176 g/mol. The number of aromatic carboxylic acids is 1. The fourth-order valence-corrected chi connectivity index (χ4v) is 0.888. The molecule has 0 aliphatic heterocycles. The van der Waals surface area contributed by atoms with Gasteiger partial charge in [-0.25, -0.2) is 4.79 Å². The summed E-state index contributed by atoms with van der Waals surface area (Å²) in [6.07, 6.45) is 0. The third-order valence-corrected chi connectivity index (χ3v) is 1.44. The van der Waals surface area contributed by atoms with Crippen LogP contribution in [0, 0.1) is 6.92 Å². The van der Waals surface area contributed by atoms with E-state index in [2.05, 4.69) is 0 Å². The Bertz CT molecular complexity index is 301. The second-order valence-corrected chi connectivity index (χ2v) is 2.30. The second-order valence-electron chi connectivity index (χ2n) is 2.30. The standard InChI is InChI=1S/C8H8O3.Na.H/c1-5-4-6(9)2-3-7(5)8(10)11;;/h2-4,9H,1H3,(H,10,11);;/q;+1;-1. The van der Waals surface area contributed by atoms with Gasteiger partial charge in [0.15, 0.2) is 0 Å². The van der Waals surface area contributed by atoms with E-state index in [1.807, 2.05) is 0 Å². The zero-order valence-corrected chi connectivity index (χ0v) is 9.03. The summed E-state index contributed by atoms with van der Waals surface area (Å²) in [5, 5.41) is 17.5. The van der Waals surface area contributed by atoms with E-state index in [9.17, 15) is 4.79 Å². The summed E-state index contributed by atoms with van der Waals surface area (Å²) >= 11 is 0. The van der Waals surface area contributed by atoms with E-state index in [4.69, 9.17) is 10.2 Å². The third-order valence-electron chi connectivity index (χ3n) is 1.44. The summed E-state index contributed by atoms with van der Waals surface area (Å²) in [6.45, 7) is 1.64. The van der Waals surface area contributed by atoms with Crippen LogP contribution < -0.4 is 29.6 Å². The van der Waals surface area contributed by atoms with Gasteiger partial charge in [-0.05, 0) is 30.7 Å². The maximum absolute atomic E-state index is 10.5. The van der Waals surface area contributed by atoms with Crippen LogP contribution in [0.2, 0.25) is 0 Å². The summed E-state index contributed by atoms with van der Waals surface area (Å²) in [4.78, 5) is 10.5. The molecule has 0 amide bonds. The first kappa shape index (κ1) is 11.5. The van der Waals surface area contributed by atoms with Gasteiger partial charge in [-0.3, -0.25) is 0 Å². The van der Waals surface area contributed by atoms with E-state index in [1.165, 1.54) is 18.2 Å². The number of hydrogen-bond acceptors (Lipinski definition) is 2. The summed E-state index contributed by atoms with van der Waals surface area (Å²) < 4.78 is 0. The summed E-state index contributed by atoms with van der Waals surface area (Å²) in [7, 11) is 0. The van der Waals surface area contributed by atoms with Gasteiger partial charge in [0, 0.05) is 0 Å². The molecule has 0 fully saturated rings. The zero-order chi connectivity index (χ0) is 8.43. The van der Waals surface area contributed by atoms with Crippen molar-refractivity contribution in [1.82, 2.24) is 0 Å². The molecule has 1 aromatic rings. The predicted octanol–water partition coefficient (Wildman–Crippen LogP) is -1.48. The number of carbonyl (C=O) groups is 1. The van der Waals surface area contributed by atoms with Gasteiger partial charge < -0.3 is 11.6 Å². The molecule has 60 valence electrons. The molecule has 0 aliphatic carbocycles. The van der Waals surface area contributed by atoms with Crippen LogP contribution in [0.4, 0.5) is 0 Å². The molecule has 0 atom stereocenters. The molecule has 3 nitrogen and oxygen atoms in total. The van der Waals surface area contributed by atoms with Crippen LogP contribution in [0.1, 0.15) is 17.3 Å². The number of aryl methyl sites for hydroxylation is 1. The first-order valence-corrected chi connectivity index (χ1v) is 3.14. The molecule has 0 heterocycles. The number of carboxylic acids is 1. The van der Waals surface area contributed by atoms with Gasteiger partial charge in [-0.1, -0.05) is 0 Å². The third kappa shape index (κ3) is 2.52. The van der Waals surface area contributed by atoms with Gasteiger partial charge in [0.25, 0.3) is 0 Å². The van der Waals surface area contributed by atoms with Gasteiger partial charge in [-0.2, -0.15) is 0 Å². The molecule has 0 aliphatic rings. The van der Waals surface area contributed by atoms with Crippen molar-refractivity contribution in [2.75, 3.05) is 0 Å².